The first-order valence-corrected chi connectivity index (χ1v) is 55.5. The minimum Gasteiger partial charge on any atom is -0.448 e. The SMILES string of the molecule is CC(=O)Cc1nnc(C(C)(C)C)o1.CC(C)(C)C1=NC(=O)CC1.CC(C)(C)C1=NCCS1.CC(C)(C)c1ncco1.CC(C)(C)c1nccs1.CC(C)(C)c1nncs1.CCNc1nnc(C(C)(C)C)o1.CCc1csc(C(C)(C)C)n1.CCc1nnc(C(C)(C)C)o1.Cc1csc(C(C)(C)C)n1.Cc1nnc(C(C)(C)C)o1.Cc1nnc(C(C)C)s1.Cc1noc(C(C)C)n1.Cn1nc(C(C)(C)C)nc1-c1ccccc1. The first-order valence-electron chi connectivity index (χ1n) is 50.1. The van der Waals surface area contributed by atoms with Gasteiger partial charge in [0.05, 0.1) is 38.4 Å². The van der Waals surface area contributed by atoms with E-state index in [-0.39, 0.29) is 77.7 Å². The monoisotopic (exact) mass is 2140 g/mol. The van der Waals surface area contributed by atoms with Gasteiger partial charge in [-0.05, 0) is 47.5 Å². The number of aryl methyl sites for hydroxylation is 7. The summed E-state index contributed by atoms with van der Waals surface area (Å²) in [5.74, 6) is 10.6. The van der Waals surface area contributed by atoms with Crippen LogP contribution in [0, 0.1) is 38.5 Å². The Labute approximate surface area is 903 Å². The van der Waals surface area contributed by atoms with Crippen LogP contribution in [0.4, 0.5) is 6.01 Å². The number of oxazole rings is 1. The topological polar surface area (TPSA) is 412 Å². The summed E-state index contributed by atoms with van der Waals surface area (Å²) in [5.41, 5.74) is 7.26. The number of nitrogens with zero attached hydrogens (tertiary/aromatic N) is 23. The summed E-state index contributed by atoms with van der Waals surface area (Å²) < 4.78 is 33.1. The molecule has 12 aromatic heterocycles. The van der Waals surface area contributed by atoms with Gasteiger partial charge in [-0.15, -0.1) is 125 Å². The smallest absolute Gasteiger partial charge is 0.315 e. The number of hydrogen-bond donors (Lipinski definition) is 1. The van der Waals surface area contributed by atoms with Crippen LogP contribution in [-0.2, 0) is 90.0 Å². The lowest BCUT2D eigenvalue weighted by Gasteiger charge is -2.16. The molecule has 0 atom stereocenters. The molecule has 0 saturated heterocycles. The van der Waals surface area contributed by atoms with Crippen molar-refractivity contribution in [2.24, 2.45) is 27.9 Å². The summed E-state index contributed by atoms with van der Waals surface area (Å²) in [6, 6.07) is 10.6. The van der Waals surface area contributed by atoms with Crippen LogP contribution in [0.2, 0.25) is 0 Å². The zero-order chi connectivity index (χ0) is 113. The molecule has 1 amide bonds. The Morgan fingerprint density at radius 3 is 1.29 bits per heavy atom. The van der Waals surface area contributed by atoms with Gasteiger partial charge in [-0.3, -0.25) is 14.6 Å². The third kappa shape index (κ3) is 53.4. The third-order valence-corrected chi connectivity index (χ3v) is 26.5. The Morgan fingerprint density at radius 1 is 0.483 bits per heavy atom. The van der Waals surface area contributed by atoms with E-state index in [4.69, 9.17) is 26.6 Å². The van der Waals surface area contributed by atoms with Crippen molar-refractivity contribution in [3.63, 3.8) is 0 Å². The zero-order valence-corrected chi connectivity index (χ0v) is 103. The van der Waals surface area contributed by atoms with Crippen molar-refractivity contribution in [3.05, 3.63) is 177 Å². The molecule has 1 aromatic carbocycles. The molecule has 2 aliphatic heterocycles. The minimum atomic E-state index is -0.151. The quantitative estimate of drug-likeness (QED) is 0.140. The van der Waals surface area contributed by atoms with Crippen molar-refractivity contribution >= 4 is 96.9 Å². The molecule has 1 N–H and O–H groups in total. The van der Waals surface area contributed by atoms with E-state index in [1.54, 1.807) is 81.6 Å². The highest BCUT2D eigenvalue weighted by molar-refractivity contribution is 8.14. The van der Waals surface area contributed by atoms with Crippen LogP contribution in [0.5, 0.6) is 0 Å². The number of carbonyl (C=O) groups excluding carboxylic acids is 2. The number of anilines is 1. The standard InChI is InChI=1S/C13H17N3.C9H14N2O2.C9H15NS.C8H15N3O.C8H14N2O.C8H13NO.C8H13NS.C7H12N2O.C7H11NO.C7H13NS.C7H11NS.C6H10N2O.2C6H10N2S/c1-13(2,3)12-14-11(16(4)15-12)10-8-6-5-7-9-10;1-6(12)5-7-10-11-8(13-7)9(2,3)4;1-5-7-6-11-8(10-7)9(2,3)4;1-5-9-7-11-10-6(12-7)8(2,3)4;1-5-6-9-10-7(11-6)8(2,3)4;1-8(2,3)6-4-5-7(10)9-6;1-6-5-10-7(9-6)8(2,3)4;1-5-8-9-6(10-5)7(2,3)4;3*1-7(2,3)6-8-4-5-9-6;1-4(2)6-7-5(3)8-9-6;1-6(2,3)5-8-7-4-9-5;1-4(2)6-8-7-5(3)9-6/h5-9H,1-4H3;5H2,1-4H3;6H,5H2,1-4H3;5H2,1-4H3,(H,9,11);5H2,1-4H3;4-5H2,1-3H3;5H,1-4H3;1-4H3;4-5H,1-3H3;4-5H2,1-3H3;4-5H,1-3H3;3*4H,1-3H3. The number of nitrogens with one attached hydrogen (secondary N) is 1. The number of hydrogen-bond acceptors (Lipinski definition) is 36. The summed E-state index contributed by atoms with van der Waals surface area (Å²) in [6.07, 6.45) is 8.68. The number of rotatable bonds is 9. The van der Waals surface area contributed by atoms with E-state index in [0.29, 0.717) is 76.7 Å². The molecule has 15 rings (SSSR count). The van der Waals surface area contributed by atoms with Gasteiger partial charge in [-0.2, -0.15) is 10.1 Å². The van der Waals surface area contributed by atoms with Gasteiger partial charge in [-0.1, -0.05) is 331 Å². The number of ketones is 1. The second-order valence-electron chi connectivity index (χ2n) is 47.9. The van der Waals surface area contributed by atoms with Gasteiger partial charge in [0, 0.05) is 162 Å². The third-order valence-electron chi connectivity index (χ3n) is 18.9. The molecule has 0 spiro atoms. The Hall–Kier alpha value is -9.89. The summed E-state index contributed by atoms with van der Waals surface area (Å²) in [7, 11) is 1.94. The second kappa shape index (κ2) is 59.6. The average Bonchev–Trinajstić information content (AvgIpc) is 1.66. The first-order chi connectivity index (χ1) is 67.3. The summed E-state index contributed by atoms with van der Waals surface area (Å²) >= 11 is 10.4. The molecule has 0 radical (unpaired) electrons. The molecular weight excluding hydrogens is 1970 g/mol. The number of aliphatic imine (C=N–C) groups is 2. The molecule has 32 nitrogen and oxygen atoms in total. The highest BCUT2D eigenvalue weighted by Gasteiger charge is 2.30. The van der Waals surface area contributed by atoms with E-state index in [9.17, 15) is 9.59 Å². The van der Waals surface area contributed by atoms with Crippen molar-refractivity contribution < 1.29 is 36.2 Å². The number of thiazole rings is 3. The summed E-state index contributed by atoms with van der Waals surface area (Å²) in [5, 5.41) is 72.1. The zero-order valence-electron chi connectivity index (χ0n) is 98.2. The normalized spacial score (nSPS) is 12.7. The lowest BCUT2D eigenvalue weighted by atomic mass is 9.88. The van der Waals surface area contributed by atoms with Gasteiger partial charge in [0.25, 0.3) is 0 Å². The number of aromatic nitrogens is 21. The molecule has 13 aromatic rings. The second-order valence-corrected chi connectivity index (χ2v) is 53.6. The molecule has 14 heterocycles. The Kier molecular flexibility index (Phi) is 54.0. The van der Waals surface area contributed by atoms with Crippen molar-refractivity contribution in [3.8, 4) is 11.4 Å². The lowest BCUT2D eigenvalue weighted by Crippen LogP contribution is -2.17. The fourth-order valence-corrected chi connectivity index (χ4v) is 15.5. The lowest BCUT2D eigenvalue weighted by molar-refractivity contribution is -0.117. The van der Waals surface area contributed by atoms with Gasteiger partial charge in [-0.25, -0.2) is 34.6 Å². The summed E-state index contributed by atoms with van der Waals surface area (Å²) in [4.78, 5) is 55.6. The van der Waals surface area contributed by atoms with E-state index in [1.165, 1.54) is 38.4 Å². The predicted molar refractivity (Wildman–Crippen MR) is 607 cm³/mol. The first kappa shape index (κ1) is 133. The Bertz CT molecular complexity index is 5630. The molecule has 0 fully saturated rings. The molecule has 147 heavy (non-hydrogen) atoms. The minimum absolute atomic E-state index is 0.00914. The molecule has 818 valence electrons. The maximum Gasteiger partial charge on any atom is 0.315 e. The van der Waals surface area contributed by atoms with Gasteiger partial charge in [0.15, 0.2) is 23.4 Å². The number of carbonyl (C=O) groups is 2. The van der Waals surface area contributed by atoms with Gasteiger partial charge < -0.3 is 31.9 Å². The Morgan fingerprint density at radius 2 is 1.01 bits per heavy atom. The van der Waals surface area contributed by atoms with Gasteiger partial charge in [0.1, 0.15) is 32.6 Å². The largest absolute Gasteiger partial charge is 0.448 e. The molecule has 2 aliphatic rings. The van der Waals surface area contributed by atoms with Crippen molar-refractivity contribution in [1.29, 1.82) is 0 Å². The van der Waals surface area contributed by atoms with Crippen molar-refractivity contribution in [1.82, 2.24) is 106 Å². The maximum atomic E-state index is 10.7. The molecule has 0 bridgehead atoms. The molecular formula is C109H178N24O8S6. The molecule has 0 saturated carbocycles. The van der Waals surface area contributed by atoms with Gasteiger partial charge >= 0.3 is 6.01 Å². The van der Waals surface area contributed by atoms with Crippen LogP contribution in [0.15, 0.2) is 107 Å². The van der Waals surface area contributed by atoms with E-state index in [1.807, 2.05) is 164 Å². The molecule has 0 aliphatic carbocycles. The van der Waals surface area contributed by atoms with E-state index in [2.05, 4.69) is 347 Å². The van der Waals surface area contributed by atoms with Crippen LogP contribution in [0.25, 0.3) is 11.4 Å². The fraction of sp³-hybridized carbons (Fsp3) is 0.651. The van der Waals surface area contributed by atoms with Crippen molar-refractivity contribution in [2.75, 3.05) is 24.2 Å². The summed E-state index contributed by atoms with van der Waals surface area (Å²) in [6.45, 7) is 101. The van der Waals surface area contributed by atoms with Crippen LogP contribution < -0.4 is 5.32 Å². The number of amides is 1. The van der Waals surface area contributed by atoms with Gasteiger partial charge in [0.2, 0.25) is 53.0 Å². The van der Waals surface area contributed by atoms with Crippen LogP contribution >= 0.6 is 68.4 Å². The number of Topliss-reactive ketones (excluding diaryl/α,β-unsaturated/α-hetero) is 1. The average molecular weight is 2150 g/mol. The van der Waals surface area contributed by atoms with Crippen LogP contribution in [0.3, 0.4) is 0 Å². The van der Waals surface area contributed by atoms with E-state index < -0.39 is 0 Å². The molecule has 0 unspecified atom stereocenters. The predicted octanol–water partition coefficient (Wildman–Crippen LogP) is 29.1. The maximum absolute atomic E-state index is 10.7. The number of benzene rings is 1. The highest BCUT2D eigenvalue weighted by Crippen LogP contribution is 2.33. The van der Waals surface area contributed by atoms with E-state index >= 15 is 0 Å². The Balaban J connectivity index is 0.000000537. The fourth-order valence-electron chi connectivity index (χ4n) is 10.5. The highest BCUT2D eigenvalue weighted by atomic mass is 32.2. The van der Waals surface area contributed by atoms with Crippen molar-refractivity contribution in [2.45, 2.75) is 430 Å². The number of thioether (sulfide) groups is 1. The molecule has 38 heteroatoms. The van der Waals surface area contributed by atoms with E-state index in [0.717, 1.165) is 87.8 Å². The van der Waals surface area contributed by atoms with Crippen LogP contribution in [0.1, 0.15) is 435 Å². The van der Waals surface area contributed by atoms with Crippen LogP contribution in [-0.4, -0.2) is 147 Å².